The minimum atomic E-state index is -6.48. The third-order valence-corrected chi connectivity index (χ3v) is 19.8. The quantitative estimate of drug-likeness (QED) is 0.111. The molecule has 0 radical (unpaired) electrons. The normalized spacial score (nSPS) is 14.1. The van der Waals surface area contributed by atoms with Gasteiger partial charge in [-0.3, -0.25) is 0 Å². The fourth-order valence-electron chi connectivity index (χ4n) is 3.89. The minimum absolute atomic E-state index is 0.00604. The van der Waals surface area contributed by atoms with Crippen molar-refractivity contribution < 1.29 is 34.3 Å². The van der Waals surface area contributed by atoms with E-state index in [4.69, 9.17) is 13.8 Å². The number of nitrogens with zero attached hydrogens (tertiary/aromatic N) is 1. The van der Waals surface area contributed by atoms with Crippen molar-refractivity contribution in [3.8, 4) is 0 Å². The molecule has 0 atom stereocenters. The number of esters is 1. The molecule has 0 amide bonds. The maximum atomic E-state index is 13.9. The van der Waals surface area contributed by atoms with Crippen molar-refractivity contribution in [2.75, 3.05) is 6.61 Å². The van der Waals surface area contributed by atoms with Gasteiger partial charge < -0.3 is 0 Å². The van der Waals surface area contributed by atoms with Crippen LogP contribution in [0.15, 0.2) is 96.1 Å². The van der Waals surface area contributed by atoms with Gasteiger partial charge in [0.15, 0.2) is 0 Å². The summed E-state index contributed by atoms with van der Waals surface area (Å²) in [6, 6.07) is 22.0. The van der Waals surface area contributed by atoms with E-state index in [9.17, 15) is 26.4 Å². The average Bonchev–Trinajstić information content (AvgIpc) is 2.85. The van der Waals surface area contributed by atoms with Crippen molar-refractivity contribution in [1.29, 1.82) is 0 Å². The van der Waals surface area contributed by atoms with Gasteiger partial charge in [0.2, 0.25) is 0 Å². The Labute approximate surface area is 201 Å². The molecule has 3 aromatic rings. The molecule has 0 aromatic heterocycles. The van der Waals surface area contributed by atoms with Gasteiger partial charge in [-0.2, -0.15) is 0 Å². The van der Waals surface area contributed by atoms with Gasteiger partial charge in [-0.15, -0.1) is 0 Å². The zero-order valence-corrected chi connectivity index (χ0v) is 21.1. The SMILES string of the molecule is CCOC(=O)C(=NN)[As](OS(=O)(=O)C(F)(F)F)(c1ccccc1)(c1ccccc1)c1ccccc1. The van der Waals surface area contributed by atoms with E-state index in [2.05, 4.69) is 5.10 Å². The standard InChI is InChI=1S/C23H22AsF3N2O5S/c1-2-33-22(30)21(29-28)24(18-12-6-3-7-13-18,19-14-8-4-9-15-19,20-16-10-5-11-17-20)34-35(31,32)23(25,26)27/h3-17H,2,28H2,1H3. The van der Waals surface area contributed by atoms with Gasteiger partial charge in [-0.05, 0) is 0 Å². The van der Waals surface area contributed by atoms with E-state index in [1.807, 2.05) is 0 Å². The number of hydrazone groups is 1. The molecule has 2 N–H and O–H groups in total. The molecular weight excluding hydrogens is 548 g/mol. The van der Waals surface area contributed by atoms with Crippen molar-refractivity contribution in [3.63, 3.8) is 0 Å². The first-order valence-electron chi connectivity index (χ1n) is 10.2. The van der Waals surface area contributed by atoms with Crippen LogP contribution in [-0.4, -0.2) is 43.8 Å². The van der Waals surface area contributed by atoms with Gasteiger partial charge in [0.1, 0.15) is 0 Å². The first-order valence-corrected chi connectivity index (χ1v) is 16.1. The third-order valence-electron chi connectivity index (χ3n) is 5.26. The molecule has 3 aromatic carbocycles. The second-order valence-electron chi connectivity index (χ2n) is 7.19. The van der Waals surface area contributed by atoms with Crippen LogP contribution in [0.1, 0.15) is 6.92 Å². The van der Waals surface area contributed by atoms with Gasteiger partial charge >= 0.3 is 202 Å². The number of ether oxygens (including phenoxy) is 1. The molecule has 0 aliphatic heterocycles. The zero-order valence-electron chi connectivity index (χ0n) is 18.4. The molecule has 0 fully saturated rings. The Balaban J connectivity index is 2.74. The summed E-state index contributed by atoms with van der Waals surface area (Å²) in [6.07, 6.45) is 0. The summed E-state index contributed by atoms with van der Waals surface area (Å²) in [5.41, 5.74) is -5.82. The number of carbonyl (C=O) groups excluding carboxylic acids is 1. The number of rotatable bonds is 8. The summed E-state index contributed by atoms with van der Waals surface area (Å²) >= 11 is -6.48. The third kappa shape index (κ3) is 4.24. The number of alkyl halides is 3. The van der Waals surface area contributed by atoms with E-state index in [-0.39, 0.29) is 19.7 Å². The molecule has 7 nitrogen and oxygen atoms in total. The van der Waals surface area contributed by atoms with E-state index in [0.717, 1.165) is 0 Å². The van der Waals surface area contributed by atoms with Gasteiger partial charge in [0, 0.05) is 0 Å². The number of halogens is 3. The van der Waals surface area contributed by atoms with Gasteiger partial charge in [-0.25, -0.2) is 0 Å². The van der Waals surface area contributed by atoms with Crippen LogP contribution in [0, 0.1) is 0 Å². The van der Waals surface area contributed by atoms with Crippen LogP contribution in [0.2, 0.25) is 0 Å². The second-order valence-corrected chi connectivity index (χ2v) is 18.1. The average molecular weight is 570 g/mol. The number of benzene rings is 3. The number of hydrogen-bond donors (Lipinski definition) is 1. The van der Waals surface area contributed by atoms with Crippen molar-refractivity contribution in [2.45, 2.75) is 12.4 Å². The van der Waals surface area contributed by atoms with Crippen molar-refractivity contribution >= 4 is 46.4 Å². The molecule has 0 aliphatic carbocycles. The van der Waals surface area contributed by atoms with E-state index in [1.165, 1.54) is 79.7 Å². The summed E-state index contributed by atoms with van der Waals surface area (Å²) in [4.78, 5) is 13.3. The first kappa shape index (κ1) is 26.5. The number of hydrogen-bond acceptors (Lipinski definition) is 7. The Morgan fingerprint density at radius 1 is 0.857 bits per heavy atom. The van der Waals surface area contributed by atoms with E-state index < -0.39 is 38.9 Å². The zero-order chi connectivity index (χ0) is 25.8. The number of carbonyl (C=O) groups is 1. The second kappa shape index (κ2) is 9.85. The Kier molecular flexibility index (Phi) is 7.44. The van der Waals surface area contributed by atoms with Crippen LogP contribution in [0.4, 0.5) is 13.2 Å². The molecule has 0 saturated heterocycles. The predicted octanol–water partition coefficient (Wildman–Crippen LogP) is 1.89. The fraction of sp³-hybridized carbons (Fsp3) is 0.130. The molecule has 186 valence electrons. The summed E-state index contributed by atoms with van der Waals surface area (Å²) in [5.74, 6) is 4.49. The molecule has 3 rings (SSSR count). The molecule has 12 heteroatoms. The Bertz CT molecular complexity index is 1220. The van der Waals surface area contributed by atoms with Crippen molar-refractivity contribution in [1.82, 2.24) is 0 Å². The van der Waals surface area contributed by atoms with Crippen LogP contribution in [-0.2, 0) is 22.8 Å². The van der Waals surface area contributed by atoms with Gasteiger partial charge in [0.25, 0.3) is 0 Å². The van der Waals surface area contributed by atoms with Crippen LogP contribution in [0.5, 0.6) is 0 Å². The maximum absolute atomic E-state index is 13.9. The Morgan fingerprint density at radius 3 is 1.51 bits per heavy atom. The molecular formula is C23H22AsF3N2O5S. The fourth-order valence-corrected chi connectivity index (χ4v) is 19.2. The van der Waals surface area contributed by atoms with Crippen LogP contribution >= 0.6 is 0 Å². The number of nitrogens with two attached hydrogens (primary N) is 1. The van der Waals surface area contributed by atoms with Crippen LogP contribution in [0.25, 0.3) is 0 Å². The Hall–Kier alpha value is -3.14. The Morgan fingerprint density at radius 2 is 1.23 bits per heavy atom. The van der Waals surface area contributed by atoms with Crippen LogP contribution in [0.3, 0.4) is 0 Å². The summed E-state index contributed by atoms with van der Waals surface area (Å²) in [5, 5.41) is 3.61. The van der Waals surface area contributed by atoms with Crippen molar-refractivity contribution in [3.05, 3.63) is 91.0 Å². The van der Waals surface area contributed by atoms with Gasteiger partial charge in [-0.1, -0.05) is 0 Å². The molecule has 0 unspecified atom stereocenters. The molecule has 0 bridgehead atoms. The first-order chi connectivity index (χ1) is 16.5. The molecule has 35 heavy (non-hydrogen) atoms. The molecule has 0 spiro atoms. The molecule has 0 saturated carbocycles. The van der Waals surface area contributed by atoms with E-state index in [0.29, 0.717) is 0 Å². The molecule has 0 heterocycles. The summed E-state index contributed by atoms with van der Waals surface area (Å²) in [6.45, 7) is 1.30. The topological polar surface area (TPSA) is 108 Å². The van der Waals surface area contributed by atoms with E-state index >= 15 is 0 Å². The predicted molar refractivity (Wildman–Crippen MR) is 128 cm³/mol. The van der Waals surface area contributed by atoms with Crippen molar-refractivity contribution in [2.24, 2.45) is 10.9 Å². The van der Waals surface area contributed by atoms with Crippen LogP contribution < -0.4 is 18.9 Å². The summed E-state index contributed by atoms with van der Waals surface area (Å²) in [7, 11) is -6.33. The van der Waals surface area contributed by atoms with E-state index in [1.54, 1.807) is 18.2 Å². The summed E-state index contributed by atoms with van der Waals surface area (Å²) < 4.78 is 77.3. The van der Waals surface area contributed by atoms with Gasteiger partial charge in [0.05, 0.1) is 0 Å². The molecule has 0 aliphatic rings. The monoisotopic (exact) mass is 570 g/mol.